The highest BCUT2D eigenvalue weighted by Gasteiger charge is 2.20. The van der Waals surface area contributed by atoms with Gasteiger partial charge >= 0.3 is 0 Å². The molecule has 1 N–H and O–H groups in total. The highest BCUT2D eigenvalue weighted by atomic mass is 32.1. The molecule has 0 bridgehead atoms. The van der Waals surface area contributed by atoms with Gasteiger partial charge in [0.2, 0.25) is 5.91 Å². The Hall–Kier alpha value is -1.98. The van der Waals surface area contributed by atoms with E-state index in [4.69, 9.17) is 17.0 Å². The maximum atomic E-state index is 12.5. The maximum absolute atomic E-state index is 12.5. The van der Waals surface area contributed by atoms with Gasteiger partial charge in [-0.1, -0.05) is 42.5 Å². The molecule has 1 heterocycles. The van der Waals surface area contributed by atoms with Crippen molar-refractivity contribution >= 4 is 34.0 Å². The molecule has 0 aliphatic carbocycles. The first kappa shape index (κ1) is 15.9. The zero-order valence-corrected chi connectivity index (χ0v) is 13.9. The fourth-order valence-electron chi connectivity index (χ4n) is 2.69. The summed E-state index contributed by atoms with van der Waals surface area (Å²) in [6.07, 6.45) is 0. The Kier molecular flexibility index (Phi) is 4.88. The van der Waals surface area contributed by atoms with E-state index >= 15 is 0 Å². The van der Waals surface area contributed by atoms with E-state index in [2.05, 4.69) is 29.6 Å². The summed E-state index contributed by atoms with van der Waals surface area (Å²) in [7, 11) is 0. The largest absolute Gasteiger partial charge is 0.378 e. The minimum absolute atomic E-state index is 0.0724. The highest BCUT2D eigenvalue weighted by Crippen LogP contribution is 2.21. The van der Waals surface area contributed by atoms with E-state index in [-0.39, 0.29) is 11.8 Å². The van der Waals surface area contributed by atoms with Crippen molar-refractivity contribution in [1.29, 1.82) is 0 Å². The van der Waals surface area contributed by atoms with Gasteiger partial charge in [0.25, 0.3) is 0 Å². The number of nitrogens with zero attached hydrogens (tertiary/aromatic N) is 1. The van der Waals surface area contributed by atoms with Crippen molar-refractivity contribution in [3.63, 3.8) is 0 Å². The lowest BCUT2D eigenvalue weighted by Crippen LogP contribution is -2.48. The Bertz CT molecular complexity index is 726. The van der Waals surface area contributed by atoms with Crippen LogP contribution in [0.4, 0.5) is 0 Å². The van der Waals surface area contributed by atoms with E-state index < -0.39 is 0 Å². The molecular weight excluding hydrogens is 308 g/mol. The van der Waals surface area contributed by atoms with Crippen LogP contribution in [-0.4, -0.2) is 42.2 Å². The van der Waals surface area contributed by atoms with Crippen molar-refractivity contribution in [3.8, 4) is 0 Å². The molecule has 2 aromatic carbocycles. The molecule has 2 aromatic rings. The molecule has 5 heteroatoms. The normalized spacial score (nSPS) is 16.1. The molecule has 0 saturated carbocycles. The van der Waals surface area contributed by atoms with Crippen molar-refractivity contribution in [1.82, 2.24) is 10.2 Å². The molecule has 120 valence electrons. The molecule has 0 spiro atoms. The lowest BCUT2D eigenvalue weighted by atomic mass is 9.97. The molecule has 23 heavy (non-hydrogen) atoms. The van der Waals surface area contributed by atoms with Gasteiger partial charge in [-0.05, 0) is 35.5 Å². The monoisotopic (exact) mass is 328 g/mol. The molecule has 0 radical (unpaired) electrons. The van der Waals surface area contributed by atoms with Crippen LogP contribution in [0.3, 0.4) is 0 Å². The van der Waals surface area contributed by atoms with Gasteiger partial charge in [-0.15, -0.1) is 0 Å². The number of thiocarbonyl (C=S) groups is 1. The zero-order valence-electron chi connectivity index (χ0n) is 13.1. The molecule has 0 unspecified atom stereocenters. The number of carbonyl (C=O) groups is 1. The second-order valence-electron chi connectivity index (χ2n) is 5.72. The van der Waals surface area contributed by atoms with Gasteiger partial charge in [-0.25, -0.2) is 0 Å². The molecule has 1 aliphatic heterocycles. The number of nitrogens with one attached hydrogen (secondary N) is 1. The third kappa shape index (κ3) is 3.68. The number of fused-ring (bicyclic) bond motifs is 1. The van der Waals surface area contributed by atoms with Crippen LogP contribution >= 0.6 is 12.2 Å². The molecule has 0 aromatic heterocycles. The van der Waals surface area contributed by atoms with E-state index in [1.807, 2.05) is 30.0 Å². The fraction of sp³-hybridized carbons (Fsp3) is 0.333. The lowest BCUT2D eigenvalue weighted by Gasteiger charge is -2.29. The Labute approximate surface area is 141 Å². The van der Waals surface area contributed by atoms with Gasteiger partial charge in [0, 0.05) is 13.1 Å². The van der Waals surface area contributed by atoms with E-state index in [1.165, 1.54) is 5.39 Å². The third-order valence-corrected chi connectivity index (χ3v) is 4.56. The van der Waals surface area contributed by atoms with Crippen LogP contribution in [0.1, 0.15) is 18.4 Å². The Morgan fingerprint density at radius 1 is 1.17 bits per heavy atom. The predicted octanol–water partition coefficient (Wildman–Crippen LogP) is 2.68. The summed E-state index contributed by atoms with van der Waals surface area (Å²) in [5.41, 5.74) is 0.992. The van der Waals surface area contributed by atoms with Crippen LogP contribution in [0.5, 0.6) is 0 Å². The second kappa shape index (κ2) is 7.06. The summed E-state index contributed by atoms with van der Waals surface area (Å²) in [5, 5.41) is 5.66. The first-order valence-corrected chi connectivity index (χ1v) is 8.22. The topological polar surface area (TPSA) is 41.6 Å². The number of hydrogen-bond acceptors (Lipinski definition) is 3. The molecule has 1 amide bonds. The first-order valence-electron chi connectivity index (χ1n) is 7.81. The number of carbonyl (C=O) groups excluding carboxylic acids is 1. The van der Waals surface area contributed by atoms with Crippen molar-refractivity contribution in [2.75, 3.05) is 26.3 Å². The number of ether oxygens (including phenoxy) is 1. The van der Waals surface area contributed by atoms with Crippen LogP contribution in [-0.2, 0) is 9.53 Å². The summed E-state index contributed by atoms with van der Waals surface area (Å²) in [4.78, 5) is 14.5. The number of rotatable bonds is 2. The number of morpholine rings is 1. The van der Waals surface area contributed by atoms with Crippen LogP contribution in [0, 0.1) is 0 Å². The van der Waals surface area contributed by atoms with Crippen molar-refractivity contribution in [3.05, 3.63) is 48.0 Å². The number of amides is 1. The minimum atomic E-state index is -0.251. The van der Waals surface area contributed by atoms with Gasteiger partial charge in [0.05, 0.1) is 19.1 Å². The molecule has 3 rings (SSSR count). The minimum Gasteiger partial charge on any atom is -0.378 e. The average molecular weight is 328 g/mol. The Morgan fingerprint density at radius 3 is 2.61 bits per heavy atom. The van der Waals surface area contributed by atoms with Crippen LogP contribution in [0.15, 0.2) is 42.5 Å². The number of hydrogen-bond donors (Lipinski definition) is 1. The van der Waals surface area contributed by atoms with Gasteiger partial charge in [0.1, 0.15) is 0 Å². The summed E-state index contributed by atoms with van der Waals surface area (Å²) in [5.74, 6) is -0.324. The summed E-state index contributed by atoms with van der Waals surface area (Å²) in [6.45, 7) is 4.65. The summed E-state index contributed by atoms with van der Waals surface area (Å²) in [6, 6.07) is 14.3. The smallest absolute Gasteiger partial charge is 0.233 e. The predicted molar refractivity (Wildman–Crippen MR) is 95.5 cm³/mol. The maximum Gasteiger partial charge on any atom is 0.233 e. The zero-order chi connectivity index (χ0) is 16.2. The third-order valence-electron chi connectivity index (χ3n) is 4.20. The molecule has 1 aliphatic rings. The van der Waals surface area contributed by atoms with Crippen LogP contribution in [0.25, 0.3) is 10.8 Å². The van der Waals surface area contributed by atoms with Crippen LogP contribution < -0.4 is 5.32 Å². The Balaban J connectivity index is 1.69. The lowest BCUT2D eigenvalue weighted by molar-refractivity contribution is -0.120. The van der Waals surface area contributed by atoms with Crippen molar-refractivity contribution in [2.24, 2.45) is 0 Å². The molecule has 1 saturated heterocycles. The van der Waals surface area contributed by atoms with E-state index in [1.54, 1.807) is 0 Å². The Morgan fingerprint density at radius 2 is 1.87 bits per heavy atom. The van der Waals surface area contributed by atoms with E-state index in [0.717, 1.165) is 24.0 Å². The molecular formula is C18H20N2O2S. The molecule has 1 atom stereocenters. The number of benzene rings is 2. The van der Waals surface area contributed by atoms with Gasteiger partial charge in [-0.2, -0.15) is 0 Å². The van der Waals surface area contributed by atoms with Crippen LogP contribution in [0.2, 0.25) is 0 Å². The highest BCUT2D eigenvalue weighted by molar-refractivity contribution is 7.80. The summed E-state index contributed by atoms with van der Waals surface area (Å²) >= 11 is 5.33. The van der Waals surface area contributed by atoms with Crippen molar-refractivity contribution in [2.45, 2.75) is 12.8 Å². The SMILES string of the molecule is C[C@H](C(=O)NC(=S)N1CCOCC1)c1ccc2ccccc2c1. The average Bonchev–Trinajstić information content (AvgIpc) is 2.61. The van der Waals surface area contributed by atoms with Gasteiger partial charge < -0.3 is 15.0 Å². The van der Waals surface area contributed by atoms with E-state index in [0.29, 0.717) is 18.3 Å². The van der Waals surface area contributed by atoms with Gasteiger partial charge in [-0.3, -0.25) is 4.79 Å². The molecule has 1 fully saturated rings. The summed E-state index contributed by atoms with van der Waals surface area (Å²) < 4.78 is 5.30. The second-order valence-corrected chi connectivity index (χ2v) is 6.11. The van der Waals surface area contributed by atoms with Crippen molar-refractivity contribution < 1.29 is 9.53 Å². The molecule has 4 nitrogen and oxygen atoms in total. The fourth-order valence-corrected chi connectivity index (χ4v) is 2.97. The van der Waals surface area contributed by atoms with Gasteiger partial charge in [0.15, 0.2) is 5.11 Å². The first-order chi connectivity index (χ1) is 11.1. The van der Waals surface area contributed by atoms with E-state index in [9.17, 15) is 4.79 Å². The quantitative estimate of drug-likeness (QED) is 0.861. The standard InChI is InChI=1S/C18H20N2O2S/c1-13(15-7-6-14-4-2-3-5-16(14)12-15)17(21)19-18(23)20-8-10-22-11-9-20/h2-7,12-13H,8-11H2,1H3,(H,19,21,23)/t13-/m0/s1.